The molecule has 2 aliphatic heterocycles. The number of hydrogen-bond donors (Lipinski definition) is 0. The Morgan fingerprint density at radius 2 is 1.83 bits per heavy atom. The van der Waals surface area contributed by atoms with Crippen LogP contribution in [0.4, 0.5) is 5.82 Å². The van der Waals surface area contributed by atoms with Crippen molar-refractivity contribution < 1.29 is 9.53 Å². The summed E-state index contributed by atoms with van der Waals surface area (Å²) in [4.78, 5) is 29.6. The highest BCUT2D eigenvalue weighted by Crippen LogP contribution is 2.32. The molecule has 2 saturated heterocycles. The summed E-state index contributed by atoms with van der Waals surface area (Å²) in [5.74, 6) is 1.99. The number of piperazine rings is 1. The topological polar surface area (TPSA) is 61.8 Å². The number of piperidine rings is 1. The molecule has 0 spiro atoms. The number of methoxy groups -OCH3 is 1. The molecule has 1 atom stereocenters. The Balaban J connectivity index is 1.32. The number of hydrogen-bond acceptors (Lipinski definition) is 6. The Kier molecular flexibility index (Phi) is 6.95. The second-order valence-electron chi connectivity index (χ2n) is 9.43. The van der Waals surface area contributed by atoms with Gasteiger partial charge in [-0.2, -0.15) is 0 Å². The average Bonchev–Trinajstić information content (AvgIpc) is 2.93. The molecule has 0 unspecified atom stereocenters. The second kappa shape index (κ2) is 10.4. The summed E-state index contributed by atoms with van der Waals surface area (Å²) < 4.78 is 5.54. The normalized spacial score (nSPS) is 19.0. The van der Waals surface area contributed by atoms with Gasteiger partial charge in [0, 0.05) is 68.2 Å². The summed E-state index contributed by atoms with van der Waals surface area (Å²) in [6.07, 6.45) is 3.75. The summed E-state index contributed by atoms with van der Waals surface area (Å²) in [6, 6.07) is 17.9. The molecular formula is C28H33N5O2. The largest absolute Gasteiger partial charge is 0.496 e. The fourth-order valence-electron chi connectivity index (χ4n) is 5.03. The average molecular weight is 472 g/mol. The number of carbonyl (C=O) groups excluding carboxylic acids is 1. The molecule has 5 rings (SSSR count). The number of aromatic nitrogens is 2. The third kappa shape index (κ3) is 5.15. The molecule has 0 aliphatic carbocycles. The van der Waals surface area contributed by atoms with Gasteiger partial charge in [0.1, 0.15) is 11.6 Å². The monoisotopic (exact) mass is 471 g/mol. The smallest absolute Gasteiger partial charge is 0.254 e. The number of anilines is 1. The molecule has 4 heterocycles. The van der Waals surface area contributed by atoms with E-state index < -0.39 is 0 Å². The van der Waals surface area contributed by atoms with Crippen LogP contribution in [-0.4, -0.2) is 79.1 Å². The van der Waals surface area contributed by atoms with E-state index in [4.69, 9.17) is 9.72 Å². The van der Waals surface area contributed by atoms with Gasteiger partial charge in [-0.3, -0.25) is 9.78 Å². The molecular weight excluding hydrogens is 438 g/mol. The van der Waals surface area contributed by atoms with Gasteiger partial charge in [-0.25, -0.2) is 4.98 Å². The quantitative estimate of drug-likeness (QED) is 0.562. The van der Waals surface area contributed by atoms with Crippen LogP contribution in [0.25, 0.3) is 11.3 Å². The van der Waals surface area contributed by atoms with Crippen LogP contribution in [0.5, 0.6) is 5.75 Å². The summed E-state index contributed by atoms with van der Waals surface area (Å²) in [7, 11) is 3.82. The number of likely N-dealkylation sites (N-methyl/N-ethyl adjacent to an activating group) is 1. The predicted octanol–water partition coefficient (Wildman–Crippen LogP) is 3.92. The van der Waals surface area contributed by atoms with E-state index in [-0.39, 0.29) is 11.8 Å². The van der Waals surface area contributed by atoms with E-state index in [2.05, 4.69) is 34.0 Å². The molecule has 182 valence electrons. The Hall–Kier alpha value is -3.45. The lowest BCUT2D eigenvalue weighted by Crippen LogP contribution is -2.45. The van der Waals surface area contributed by atoms with Gasteiger partial charge in [-0.1, -0.05) is 18.2 Å². The summed E-state index contributed by atoms with van der Waals surface area (Å²) >= 11 is 0. The number of ether oxygens (including phenoxy) is 1. The Labute approximate surface area is 207 Å². The highest BCUT2D eigenvalue weighted by molar-refractivity contribution is 5.95. The minimum absolute atomic E-state index is 0.0772. The predicted molar refractivity (Wildman–Crippen MR) is 138 cm³/mol. The van der Waals surface area contributed by atoms with Crippen molar-refractivity contribution in [1.29, 1.82) is 0 Å². The number of para-hydroxylation sites is 1. The molecule has 0 bridgehead atoms. The maximum absolute atomic E-state index is 13.5. The van der Waals surface area contributed by atoms with Crippen LogP contribution in [0.2, 0.25) is 0 Å². The summed E-state index contributed by atoms with van der Waals surface area (Å²) in [6.45, 7) is 5.33. The Bertz CT molecular complexity index is 1180. The van der Waals surface area contributed by atoms with Gasteiger partial charge in [0.2, 0.25) is 0 Å². The van der Waals surface area contributed by atoms with Crippen LogP contribution in [0.3, 0.4) is 0 Å². The molecule has 0 N–H and O–H groups in total. The second-order valence-corrected chi connectivity index (χ2v) is 9.43. The molecule has 3 aromatic rings. The van der Waals surface area contributed by atoms with Gasteiger partial charge in [-0.15, -0.1) is 0 Å². The van der Waals surface area contributed by atoms with E-state index in [1.807, 2.05) is 47.4 Å². The number of rotatable bonds is 5. The number of nitrogens with zero attached hydrogens (tertiary/aromatic N) is 5. The molecule has 2 fully saturated rings. The highest BCUT2D eigenvalue weighted by atomic mass is 16.5. The molecule has 1 amide bonds. The molecule has 35 heavy (non-hydrogen) atoms. The van der Waals surface area contributed by atoms with Crippen molar-refractivity contribution in [2.75, 3.05) is 58.3 Å². The zero-order chi connectivity index (χ0) is 24.2. The van der Waals surface area contributed by atoms with E-state index in [0.29, 0.717) is 12.1 Å². The minimum Gasteiger partial charge on any atom is -0.496 e. The zero-order valence-corrected chi connectivity index (χ0v) is 20.6. The number of pyridine rings is 2. The maximum Gasteiger partial charge on any atom is 0.254 e. The third-order valence-corrected chi connectivity index (χ3v) is 7.10. The lowest BCUT2D eigenvalue weighted by atomic mass is 9.93. The van der Waals surface area contributed by atoms with Gasteiger partial charge in [0.25, 0.3) is 5.91 Å². The van der Waals surface area contributed by atoms with E-state index >= 15 is 0 Å². The first kappa shape index (κ1) is 23.3. The standard InChI is InChI=1S/C28H33N5O2/c1-31-15-17-32(18-16-31)27-19-21(12-13-29-27)28(34)33-14-6-7-22(20-33)24-9-5-10-25(30-24)23-8-3-4-11-26(23)35-2/h3-5,8-13,19,22H,6-7,14-18,20H2,1-2H3/t22-/m0/s1. The van der Waals surface area contributed by atoms with Crippen LogP contribution >= 0.6 is 0 Å². The van der Waals surface area contributed by atoms with Gasteiger partial charge in [0.15, 0.2) is 0 Å². The lowest BCUT2D eigenvalue weighted by molar-refractivity contribution is 0.0706. The number of carbonyl (C=O) groups is 1. The SMILES string of the molecule is COc1ccccc1-c1cccc([C@H]2CCCN(C(=O)c3ccnc(N4CCN(C)CC4)c3)C2)n1. The van der Waals surface area contributed by atoms with Crippen LogP contribution < -0.4 is 9.64 Å². The van der Waals surface area contributed by atoms with E-state index in [1.54, 1.807) is 13.3 Å². The number of amides is 1. The summed E-state index contributed by atoms with van der Waals surface area (Å²) in [5, 5.41) is 0. The molecule has 1 aromatic carbocycles. The first-order valence-electron chi connectivity index (χ1n) is 12.4. The van der Waals surface area contributed by atoms with Crippen molar-refractivity contribution in [3.63, 3.8) is 0 Å². The van der Waals surface area contributed by atoms with Gasteiger partial charge in [0.05, 0.1) is 12.8 Å². The third-order valence-electron chi connectivity index (χ3n) is 7.10. The molecule has 2 aromatic heterocycles. The van der Waals surface area contributed by atoms with Crippen LogP contribution in [-0.2, 0) is 0 Å². The lowest BCUT2D eigenvalue weighted by Gasteiger charge is -2.34. The van der Waals surface area contributed by atoms with Crippen molar-refractivity contribution in [1.82, 2.24) is 19.8 Å². The fourth-order valence-corrected chi connectivity index (χ4v) is 5.03. The van der Waals surface area contributed by atoms with Gasteiger partial charge in [-0.05, 0) is 56.3 Å². The highest BCUT2D eigenvalue weighted by Gasteiger charge is 2.27. The van der Waals surface area contributed by atoms with E-state index in [0.717, 1.165) is 74.1 Å². The van der Waals surface area contributed by atoms with Crippen molar-refractivity contribution in [2.45, 2.75) is 18.8 Å². The molecule has 0 radical (unpaired) electrons. The van der Waals surface area contributed by atoms with Crippen LogP contribution in [0.1, 0.15) is 34.8 Å². The van der Waals surface area contributed by atoms with Crippen LogP contribution in [0.15, 0.2) is 60.8 Å². The fraction of sp³-hybridized carbons (Fsp3) is 0.393. The van der Waals surface area contributed by atoms with E-state index in [1.165, 1.54) is 0 Å². The number of benzene rings is 1. The first-order valence-corrected chi connectivity index (χ1v) is 12.4. The van der Waals surface area contributed by atoms with Gasteiger partial charge >= 0.3 is 0 Å². The zero-order valence-electron chi connectivity index (χ0n) is 20.6. The molecule has 2 aliphatic rings. The Morgan fingerprint density at radius 1 is 1.00 bits per heavy atom. The minimum atomic E-state index is 0.0772. The van der Waals surface area contributed by atoms with Crippen molar-refractivity contribution >= 4 is 11.7 Å². The van der Waals surface area contributed by atoms with Crippen molar-refractivity contribution in [3.8, 4) is 17.0 Å². The van der Waals surface area contributed by atoms with Crippen molar-refractivity contribution in [2.24, 2.45) is 0 Å². The Morgan fingerprint density at radius 3 is 2.66 bits per heavy atom. The van der Waals surface area contributed by atoms with Crippen LogP contribution in [0, 0.1) is 0 Å². The summed E-state index contributed by atoms with van der Waals surface area (Å²) in [5.41, 5.74) is 3.62. The first-order chi connectivity index (χ1) is 17.1. The maximum atomic E-state index is 13.5. The van der Waals surface area contributed by atoms with E-state index in [9.17, 15) is 4.79 Å². The number of likely N-dealkylation sites (tertiary alicyclic amines) is 1. The van der Waals surface area contributed by atoms with Crippen molar-refractivity contribution in [3.05, 3.63) is 72.1 Å². The molecule has 7 nitrogen and oxygen atoms in total. The molecule has 7 heteroatoms. The molecule has 0 saturated carbocycles. The van der Waals surface area contributed by atoms with Gasteiger partial charge < -0.3 is 19.4 Å².